The SMILES string of the molecule is COc1[nH]ncc1-c1cc(NCCOCCCCN)c2cn[nH]c2c1. The lowest BCUT2D eigenvalue weighted by Crippen LogP contribution is -2.11. The first kappa shape index (κ1) is 17.2. The van der Waals surface area contributed by atoms with Crippen LogP contribution in [0.4, 0.5) is 5.69 Å². The topological polar surface area (TPSA) is 114 Å². The van der Waals surface area contributed by atoms with E-state index in [9.17, 15) is 0 Å². The molecule has 2 heterocycles. The van der Waals surface area contributed by atoms with E-state index >= 15 is 0 Å². The number of benzene rings is 1. The Kier molecular flexibility index (Phi) is 5.86. The van der Waals surface area contributed by atoms with Crippen molar-refractivity contribution in [3.05, 3.63) is 24.5 Å². The van der Waals surface area contributed by atoms with E-state index in [4.69, 9.17) is 15.2 Å². The molecule has 0 amide bonds. The number of nitrogens with zero attached hydrogens (tertiary/aromatic N) is 2. The second-order valence-electron chi connectivity index (χ2n) is 5.71. The van der Waals surface area contributed by atoms with E-state index < -0.39 is 0 Å². The van der Waals surface area contributed by atoms with Gasteiger partial charge in [0.1, 0.15) is 0 Å². The predicted molar refractivity (Wildman–Crippen MR) is 97.8 cm³/mol. The molecule has 0 radical (unpaired) electrons. The molecule has 0 unspecified atom stereocenters. The lowest BCUT2D eigenvalue weighted by atomic mass is 10.1. The molecule has 0 saturated carbocycles. The summed E-state index contributed by atoms with van der Waals surface area (Å²) < 4.78 is 10.9. The fourth-order valence-electron chi connectivity index (χ4n) is 2.70. The molecule has 1 aromatic carbocycles. The maximum atomic E-state index is 5.61. The Labute approximate surface area is 146 Å². The number of nitrogens with two attached hydrogens (primary N) is 1. The molecule has 3 aromatic rings. The van der Waals surface area contributed by atoms with Crippen LogP contribution in [-0.4, -0.2) is 53.8 Å². The molecule has 2 aromatic heterocycles. The molecule has 0 aliphatic rings. The summed E-state index contributed by atoms with van der Waals surface area (Å²) in [7, 11) is 1.62. The number of nitrogens with one attached hydrogen (secondary N) is 3. The van der Waals surface area contributed by atoms with Crippen molar-refractivity contribution in [2.24, 2.45) is 5.73 Å². The van der Waals surface area contributed by atoms with E-state index in [0.29, 0.717) is 19.0 Å². The maximum absolute atomic E-state index is 5.61. The molecular weight excluding hydrogens is 320 g/mol. The molecule has 0 bridgehead atoms. The number of ether oxygens (including phenoxy) is 2. The molecule has 3 rings (SSSR count). The molecule has 8 nitrogen and oxygen atoms in total. The molecule has 0 atom stereocenters. The number of rotatable bonds is 10. The Morgan fingerprint density at radius 2 is 2.00 bits per heavy atom. The highest BCUT2D eigenvalue weighted by Crippen LogP contribution is 2.33. The molecule has 0 fully saturated rings. The Morgan fingerprint density at radius 1 is 1.12 bits per heavy atom. The lowest BCUT2D eigenvalue weighted by Gasteiger charge is -2.11. The quantitative estimate of drug-likeness (QED) is 0.419. The Hall–Kier alpha value is -2.58. The minimum Gasteiger partial charge on any atom is -0.481 e. The first-order valence-corrected chi connectivity index (χ1v) is 8.40. The number of H-pyrrole nitrogens is 2. The molecule has 5 N–H and O–H groups in total. The van der Waals surface area contributed by atoms with Gasteiger partial charge in [0.05, 0.1) is 37.2 Å². The van der Waals surface area contributed by atoms with E-state index in [1.54, 1.807) is 13.3 Å². The smallest absolute Gasteiger partial charge is 0.216 e. The van der Waals surface area contributed by atoms with Gasteiger partial charge in [0.25, 0.3) is 0 Å². The third-order valence-corrected chi connectivity index (χ3v) is 3.98. The molecule has 25 heavy (non-hydrogen) atoms. The van der Waals surface area contributed by atoms with E-state index in [1.807, 2.05) is 12.3 Å². The van der Waals surface area contributed by atoms with Crippen LogP contribution in [0.1, 0.15) is 12.8 Å². The minimum atomic E-state index is 0.632. The number of hydrogen-bond donors (Lipinski definition) is 4. The molecule has 0 spiro atoms. The van der Waals surface area contributed by atoms with E-state index in [1.165, 1.54) is 0 Å². The van der Waals surface area contributed by atoms with Gasteiger partial charge in [0, 0.05) is 24.2 Å². The summed E-state index contributed by atoms with van der Waals surface area (Å²) in [5.41, 5.74) is 9.31. The van der Waals surface area contributed by atoms with Gasteiger partial charge < -0.3 is 20.5 Å². The zero-order chi connectivity index (χ0) is 17.5. The second-order valence-corrected chi connectivity index (χ2v) is 5.71. The highest BCUT2D eigenvalue weighted by atomic mass is 16.5. The average Bonchev–Trinajstić information content (AvgIpc) is 3.29. The van der Waals surface area contributed by atoms with E-state index in [2.05, 4.69) is 31.8 Å². The van der Waals surface area contributed by atoms with Crippen molar-refractivity contribution in [1.82, 2.24) is 20.4 Å². The van der Waals surface area contributed by atoms with Crippen molar-refractivity contribution in [2.75, 3.05) is 38.7 Å². The van der Waals surface area contributed by atoms with Crippen LogP contribution in [0.5, 0.6) is 5.88 Å². The number of fused-ring (bicyclic) bond motifs is 1. The van der Waals surface area contributed by atoms with Gasteiger partial charge in [0.2, 0.25) is 5.88 Å². The Bertz CT molecular complexity index is 797. The summed E-state index contributed by atoms with van der Waals surface area (Å²) in [6.45, 7) is 2.81. The first-order chi connectivity index (χ1) is 12.3. The van der Waals surface area contributed by atoms with Crippen molar-refractivity contribution in [1.29, 1.82) is 0 Å². The largest absolute Gasteiger partial charge is 0.481 e. The Morgan fingerprint density at radius 3 is 2.84 bits per heavy atom. The molecular formula is C17H24N6O2. The van der Waals surface area contributed by atoms with Crippen LogP contribution >= 0.6 is 0 Å². The van der Waals surface area contributed by atoms with Crippen molar-refractivity contribution < 1.29 is 9.47 Å². The lowest BCUT2D eigenvalue weighted by molar-refractivity contribution is 0.140. The molecule has 8 heteroatoms. The molecule has 134 valence electrons. The average molecular weight is 344 g/mol. The maximum Gasteiger partial charge on any atom is 0.216 e. The minimum absolute atomic E-state index is 0.632. The van der Waals surface area contributed by atoms with Crippen LogP contribution in [0.3, 0.4) is 0 Å². The van der Waals surface area contributed by atoms with Crippen LogP contribution in [0.2, 0.25) is 0 Å². The van der Waals surface area contributed by atoms with Gasteiger partial charge in [0.15, 0.2) is 0 Å². The van der Waals surface area contributed by atoms with Crippen molar-refractivity contribution in [3.8, 4) is 17.0 Å². The van der Waals surface area contributed by atoms with Gasteiger partial charge in [-0.1, -0.05) is 0 Å². The number of hydrogen-bond acceptors (Lipinski definition) is 6. The predicted octanol–water partition coefficient (Wildman–Crippen LogP) is 2.13. The fourth-order valence-corrected chi connectivity index (χ4v) is 2.70. The molecule has 0 aliphatic heterocycles. The summed E-state index contributed by atoms with van der Waals surface area (Å²) in [6, 6.07) is 4.10. The normalized spacial score (nSPS) is 11.1. The van der Waals surface area contributed by atoms with Gasteiger partial charge in [-0.05, 0) is 37.1 Å². The number of anilines is 1. The molecule has 0 saturated heterocycles. The van der Waals surface area contributed by atoms with Gasteiger partial charge in [-0.25, -0.2) is 5.10 Å². The highest BCUT2D eigenvalue weighted by molar-refractivity contribution is 5.95. The second kappa shape index (κ2) is 8.50. The zero-order valence-corrected chi connectivity index (χ0v) is 14.3. The standard InChI is InChI=1S/C17H24N6O2/c1-24-17-13(10-21-23-17)12-8-15(14-11-20-22-16(14)9-12)19-5-7-25-6-3-2-4-18/h8-11,19H,2-7,18H2,1H3,(H,20,22)(H,21,23). The van der Waals surface area contributed by atoms with Gasteiger partial charge in [-0.15, -0.1) is 0 Å². The van der Waals surface area contributed by atoms with Crippen molar-refractivity contribution in [3.63, 3.8) is 0 Å². The van der Waals surface area contributed by atoms with E-state index in [0.717, 1.165) is 53.7 Å². The monoisotopic (exact) mass is 344 g/mol. The fraction of sp³-hybridized carbons (Fsp3) is 0.412. The number of methoxy groups -OCH3 is 1. The first-order valence-electron chi connectivity index (χ1n) is 8.40. The summed E-state index contributed by atoms with van der Waals surface area (Å²) in [5.74, 6) is 0.632. The summed E-state index contributed by atoms with van der Waals surface area (Å²) in [4.78, 5) is 0. The van der Waals surface area contributed by atoms with Gasteiger partial charge in [-0.2, -0.15) is 10.2 Å². The van der Waals surface area contributed by atoms with Crippen LogP contribution < -0.4 is 15.8 Å². The third kappa shape index (κ3) is 4.09. The Balaban J connectivity index is 1.70. The van der Waals surface area contributed by atoms with Crippen LogP contribution in [0.25, 0.3) is 22.0 Å². The summed E-state index contributed by atoms with van der Waals surface area (Å²) in [5, 5.41) is 18.5. The van der Waals surface area contributed by atoms with E-state index in [-0.39, 0.29) is 0 Å². The van der Waals surface area contributed by atoms with Crippen LogP contribution in [0, 0.1) is 0 Å². The highest BCUT2D eigenvalue weighted by Gasteiger charge is 2.12. The van der Waals surface area contributed by atoms with Crippen LogP contribution in [0.15, 0.2) is 24.5 Å². The summed E-state index contributed by atoms with van der Waals surface area (Å²) >= 11 is 0. The van der Waals surface area contributed by atoms with Crippen LogP contribution in [-0.2, 0) is 4.74 Å². The number of aromatic nitrogens is 4. The molecule has 0 aliphatic carbocycles. The van der Waals surface area contributed by atoms with Gasteiger partial charge in [-0.3, -0.25) is 5.10 Å². The summed E-state index contributed by atoms with van der Waals surface area (Å²) in [6.07, 6.45) is 5.56. The zero-order valence-electron chi connectivity index (χ0n) is 14.3. The number of unbranched alkanes of at least 4 members (excludes halogenated alkanes) is 1. The van der Waals surface area contributed by atoms with Gasteiger partial charge >= 0.3 is 0 Å². The number of aromatic amines is 2. The third-order valence-electron chi connectivity index (χ3n) is 3.98. The van der Waals surface area contributed by atoms with Crippen molar-refractivity contribution in [2.45, 2.75) is 12.8 Å². The van der Waals surface area contributed by atoms with Crippen molar-refractivity contribution >= 4 is 16.6 Å².